The normalized spacial score (nSPS) is 12.9. The van der Waals surface area contributed by atoms with Crippen LogP contribution in [0.15, 0.2) is 52.3 Å². The Balaban J connectivity index is 2.04. The van der Waals surface area contributed by atoms with Crippen LogP contribution in [-0.4, -0.2) is 43.2 Å². The largest absolute Gasteiger partial charge is 0.492 e. The van der Waals surface area contributed by atoms with Crippen molar-refractivity contribution in [3.63, 3.8) is 0 Å². The van der Waals surface area contributed by atoms with E-state index in [1.165, 1.54) is 0 Å². The fourth-order valence-electron chi connectivity index (χ4n) is 2.43. The highest BCUT2D eigenvalue weighted by atomic mass is 32.2. The van der Waals surface area contributed by atoms with Crippen molar-refractivity contribution in [1.29, 1.82) is 0 Å². The topological polar surface area (TPSA) is 49.8 Å². The van der Waals surface area contributed by atoms with Crippen molar-refractivity contribution in [2.75, 3.05) is 27.2 Å². The highest BCUT2D eigenvalue weighted by Gasteiger charge is 2.19. The third-order valence-corrected chi connectivity index (χ3v) is 4.88. The number of carbonyl (C=O) groups is 1. The van der Waals surface area contributed by atoms with Crippen LogP contribution in [-0.2, 0) is 4.74 Å². The van der Waals surface area contributed by atoms with Crippen LogP contribution in [0.5, 0.6) is 0 Å². The maximum atomic E-state index is 11.3. The van der Waals surface area contributed by atoms with E-state index in [9.17, 15) is 9.90 Å². The van der Waals surface area contributed by atoms with Crippen molar-refractivity contribution >= 4 is 29.6 Å². The number of fused-ring (bicyclic) bond motifs is 2. The third kappa shape index (κ3) is 3.63. The predicted molar refractivity (Wildman–Crippen MR) is 96.3 cm³/mol. The van der Waals surface area contributed by atoms with Crippen molar-refractivity contribution in [2.24, 2.45) is 0 Å². The van der Waals surface area contributed by atoms with Crippen LogP contribution in [0.1, 0.15) is 21.5 Å². The van der Waals surface area contributed by atoms with Gasteiger partial charge in [0, 0.05) is 21.9 Å². The smallest absolute Gasteiger partial charge is 0.335 e. The lowest BCUT2D eigenvalue weighted by Gasteiger charge is -2.15. The molecule has 1 aliphatic rings. The van der Waals surface area contributed by atoms with E-state index in [4.69, 9.17) is 4.74 Å². The molecular formula is C19H19NO3S. The summed E-state index contributed by atoms with van der Waals surface area (Å²) in [5.41, 5.74) is 2.17. The first-order valence-corrected chi connectivity index (χ1v) is 8.50. The van der Waals surface area contributed by atoms with Crippen LogP contribution in [0.2, 0.25) is 0 Å². The van der Waals surface area contributed by atoms with Crippen molar-refractivity contribution in [1.82, 2.24) is 4.90 Å². The Kier molecular flexibility index (Phi) is 4.92. The van der Waals surface area contributed by atoms with Gasteiger partial charge in [-0.15, -0.1) is 0 Å². The second-order valence-electron chi connectivity index (χ2n) is 5.82. The number of carboxylic acids is 1. The second kappa shape index (κ2) is 7.11. The molecule has 2 aromatic rings. The van der Waals surface area contributed by atoms with Gasteiger partial charge in [-0.05, 0) is 50.0 Å². The molecule has 1 aliphatic heterocycles. The van der Waals surface area contributed by atoms with Crippen LogP contribution in [0.4, 0.5) is 0 Å². The van der Waals surface area contributed by atoms with Gasteiger partial charge in [0.05, 0.1) is 5.56 Å². The Morgan fingerprint density at radius 2 is 1.96 bits per heavy atom. The first kappa shape index (κ1) is 16.6. The lowest BCUT2D eigenvalue weighted by atomic mass is 10.1. The number of ether oxygens (including phenoxy) is 1. The highest BCUT2D eigenvalue weighted by Crippen LogP contribution is 2.41. The molecule has 0 radical (unpaired) electrons. The zero-order chi connectivity index (χ0) is 17.1. The molecule has 0 amide bonds. The van der Waals surface area contributed by atoms with E-state index < -0.39 is 5.97 Å². The molecule has 0 atom stereocenters. The number of aromatic carboxylic acids is 1. The molecular weight excluding hydrogens is 322 g/mol. The number of nitrogens with zero attached hydrogens (tertiary/aromatic N) is 1. The van der Waals surface area contributed by atoms with Gasteiger partial charge in [-0.2, -0.15) is 0 Å². The van der Waals surface area contributed by atoms with Crippen LogP contribution in [0.25, 0.3) is 11.8 Å². The summed E-state index contributed by atoms with van der Waals surface area (Å²) in [6, 6.07) is 13.3. The predicted octanol–water partition coefficient (Wildman–Crippen LogP) is 3.93. The molecule has 1 heterocycles. The van der Waals surface area contributed by atoms with Crippen molar-refractivity contribution in [3.8, 4) is 0 Å². The number of benzene rings is 2. The van der Waals surface area contributed by atoms with E-state index in [1.54, 1.807) is 23.9 Å². The number of hydrogen-bond donors (Lipinski definition) is 1. The van der Waals surface area contributed by atoms with Crippen LogP contribution in [0, 0.1) is 0 Å². The summed E-state index contributed by atoms with van der Waals surface area (Å²) < 4.78 is 6.01. The van der Waals surface area contributed by atoms with Gasteiger partial charge >= 0.3 is 5.97 Å². The number of carboxylic acid groups (broad SMARTS) is 1. The van der Waals surface area contributed by atoms with Gasteiger partial charge in [-0.1, -0.05) is 30.0 Å². The molecule has 124 valence electrons. The van der Waals surface area contributed by atoms with Crippen LogP contribution >= 0.6 is 11.8 Å². The minimum absolute atomic E-state index is 0.266. The van der Waals surface area contributed by atoms with E-state index >= 15 is 0 Å². The fourth-order valence-corrected chi connectivity index (χ4v) is 3.47. The Bertz CT molecular complexity index is 799. The quantitative estimate of drug-likeness (QED) is 0.893. The standard InChI is InChI=1S/C19H19NO3S/c1-20(2)9-10-23-16-12-13-5-3-4-6-17(13)24-18-8-7-14(19(21)22)11-15(16)18/h3-8,11-12H,9-10H2,1-2H3,(H,21,22). The SMILES string of the molecule is CN(C)CCOC1=Cc2ccccc2Sc2ccc(C(=O)O)cc21. The van der Waals surface area contributed by atoms with Crippen LogP contribution in [0.3, 0.4) is 0 Å². The zero-order valence-electron chi connectivity index (χ0n) is 13.7. The molecule has 0 unspecified atom stereocenters. The van der Waals surface area contributed by atoms with E-state index in [0.29, 0.717) is 12.4 Å². The minimum atomic E-state index is -0.933. The molecule has 0 fully saturated rings. The Morgan fingerprint density at radius 3 is 2.71 bits per heavy atom. The van der Waals surface area contributed by atoms with Gasteiger partial charge in [-0.25, -0.2) is 4.79 Å². The summed E-state index contributed by atoms with van der Waals surface area (Å²) in [6.45, 7) is 1.34. The molecule has 24 heavy (non-hydrogen) atoms. The van der Waals surface area contributed by atoms with Crippen LogP contribution < -0.4 is 0 Å². The Morgan fingerprint density at radius 1 is 1.17 bits per heavy atom. The maximum Gasteiger partial charge on any atom is 0.335 e. The van der Waals surface area contributed by atoms with Gasteiger partial charge in [0.25, 0.3) is 0 Å². The second-order valence-corrected chi connectivity index (χ2v) is 6.90. The molecule has 0 saturated carbocycles. The fraction of sp³-hybridized carbons (Fsp3) is 0.211. The summed E-state index contributed by atoms with van der Waals surface area (Å²) in [7, 11) is 3.99. The highest BCUT2D eigenvalue weighted by molar-refractivity contribution is 7.99. The number of hydrogen-bond acceptors (Lipinski definition) is 4. The van der Waals surface area contributed by atoms with E-state index in [1.807, 2.05) is 44.4 Å². The molecule has 0 spiro atoms. The third-order valence-electron chi connectivity index (χ3n) is 3.71. The maximum absolute atomic E-state index is 11.3. The summed E-state index contributed by atoms with van der Waals surface area (Å²) in [5.74, 6) is -0.218. The monoisotopic (exact) mass is 341 g/mol. The molecule has 0 aliphatic carbocycles. The van der Waals surface area contributed by atoms with Gasteiger partial charge in [-0.3, -0.25) is 0 Å². The summed E-state index contributed by atoms with van der Waals surface area (Å²) in [6.07, 6.45) is 2.00. The van der Waals surface area contributed by atoms with E-state index in [2.05, 4.69) is 11.0 Å². The Hall–Kier alpha value is -2.24. The Labute approximate surface area is 145 Å². The van der Waals surface area contributed by atoms with E-state index in [0.717, 1.165) is 27.5 Å². The first-order chi connectivity index (χ1) is 11.5. The molecule has 0 aromatic heterocycles. The molecule has 5 heteroatoms. The van der Waals surface area contributed by atoms with Crippen molar-refractivity contribution < 1.29 is 14.6 Å². The molecule has 3 rings (SSSR count). The average Bonchev–Trinajstić information content (AvgIpc) is 2.70. The van der Waals surface area contributed by atoms with Gasteiger partial charge in [0.1, 0.15) is 12.4 Å². The average molecular weight is 341 g/mol. The first-order valence-electron chi connectivity index (χ1n) is 7.68. The van der Waals surface area contributed by atoms with Crippen molar-refractivity contribution in [3.05, 3.63) is 59.2 Å². The molecule has 0 saturated heterocycles. The molecule has 4 nitrogen and oxygen atoms in total. The van der Waals surface area contributed by atoms with Gasteiger partial charge < -0.3 is 14.7 Å². The summed E-state index contributed by atoms with van der Waals surface area (Å²) in [4.78, 5) is 15.5. The van der Waals surface area contributed by atoms with Crippen molar-refractivity contribution in [2.45, 2.75) is 9.79 Å². The van der Waals surface area contributed by atoms with Gasteiger partial charge in [0.15, 0.2) is 0 Å². The van der Waals surface area contributed by atoms with Gasteiger partial charge in [0.2, 0.25) is 0 Å². The summed E-state index contributed by atoms with van der Waals surface area (Å²) >= 11 is 1.63. The molecule has 1 N–H and O–H groups in total. The minimum Gasteiger partial charge on any atom is -0.492 e. The molecule has 2 aromatic carbocycles. The lowest BCUT2D eigenvalue weighted by Crippen LogP contribution is -2.17. The van der Waals surface area contributed by atoms with E-state index in [-0.39, 0.29) is 5.56 Å². The number of likely N-dealkylation sites (N-methyl/N-ethyl adjacent to an activating group) is 1. The zero-order valence-corrected chi connectivity index (χ0v) is 14.5. The number of rotatable bonds is 5. The molecule has 0 bridgehead atoms. The summed E-state index contributed by atoms with van der Waals surface area (Å²) in [5, 5.41) is 9.29. The lowest BCUT2D eigenvalue weighted by molar-refractivity contribution is 0.0696.